The smallest absolute Gasteiger partial charge is 0.218 e. The van der Waals surface area contributed by atoms with Gasteiger partial charge in [0.05, 0.1) is 0 Å². The molecule has 0 aliphatic carbocycles. The van der Waals surface area contributed by atoms with Crippen molar-refractivity contribution < 1.29 is 9.59 Å². The molecule has 0 heterocycles. The van der Waals surface area contributed by atoms with Crippen LogP contribution in [0.2, 0.25) is 0 Å². The van der Waals surface area contributed by atoms with Crippen LogP contribution in [0.1, 0.15) is 25.7 Å². The van der Waals surface area contributed by atoms with E-state index in [9.17, 15) is 9.59 Å². The maximum absolute atomic E-state index is 10.4. The predicted molar refractivity (Wildman–Crippen MR) is 52.1 cm³/mol. The van der Waals surface area contributed by atoms with Crippen LogP contribution < -0.4 is 17.2 Å². The van der Waals surface area contributed by atoms with Crippen LogP contribution in [-0.4, -0.2) is 17.9 Å². The van der Waals surface area contributed by atoms with E-state index >= 15 is 0 Å². The summed E-state index contributed by atoms with van der Waals surface area (Å²) in [4.78, 5) is 20.7. The van der Waals surface area contributed by atoms with Crippen molar-refractivity contribution in [2.45, 2.75) is 31.7 Å². The molecule has 0 aromatic carbocycles. The molecule has 6 heteroatoms. The highest BCUT2D eigenvalue weighted by Crippen LogP contribution is 2.00. The Bertz CT molecular complexity index is 175. The normalized spacial score (nSPS) is 11.5. The number of carbonyl (C=O) groups is 2. The first kappa shape index (κ1) is 14.7. The van der Waals surface area contributed by atoms with E-state index in [2.05, 4.69) is 0 Å². The lowest BCUT2D eigenvalue weighted by Gasteiger charge is -2.07. The van der Waals surface area contributed by atoms with Gasteiger partial charge in [-0.05, 0) is 12.8 Å². The first-order valence-electron chi connectivity index (χ1n) is 3.84. The summed E-state index contributed by atoms with van der Waals surface area (Å²) < 4.78 is 0. The van der Waals surface area contributed by atoms with Crippen molar-refractivity contribution in [3.63, 3.8) is 0 Å². The van der Waals surface area contributed by atoms with E-state index in [4.69, 9.17) is 17.2 Å². The van der Waals surface area contributed by atoms with Gasteiger partial charge in [0.25, 0.3) is 0 Å². The summed E-state index contributed by atoms with van der Waals surface area (Å²) in [5.74, 6) is -0.761. The Labute approximate surface area is 83.4 Å². The van der Waals surface area contributed by atoms with Crippen molar-refractivity contribution in [2.75, 3.05) is 0 Å². The maximum Gasteiger partial charge on any atom is 0.218 e. The van der Waals surface area contributed by atoms with Gasteiger partial charge in [-0.1, -0.05) is 0 Å². The Kier molecular flexibility index (Phi) is 8.84. The summed E-state index contributed by atoms with van der Waals surface area (Å²) in [7, 11) is 0. The summed E-state index contributed by atoms with van der Waals surface area (Å²) in [6, 6.07) is -0.248. The number of amides is 2. The molecule has 0 aliphatic rings. The topological polar surface area (TPSA) is 112 Å². The van der Waals surface area contributed by atoms with Crippen LogP contribution in [0.15, 0.2) is 0 Å². The Balaban J connectivity index is 0. The monoisotopic (exact) mass is 209 g/mol. The van der Waals surface area contributed by atoms with Crippen molar-refractivity contribution in [3.8, 4) is 0 Å². The molecule has 0 aliphatic heterocycles. The molecule has 0 fully saturated rings. The van der Waals surface area contributed by atoms with Crippen LogP contribution in [0, 0.1) is 0 Å². The first-order valence-corrected chi connectivity index (χ1v) is 3.84. The molecule has 0 unspecified atom stereocenters. The molecule has 0 saturated carbocycles. The zero-order valence-corrected chi connectivity index (χ0v) is 8.18. The Morgan fingerprint density at radius 1 is 1.15 bits per heavy atom. The number of primary amides is 2. The number of carbonyl (C=O) groups excluding carboxylic acids is 2. The fraction of sp³-hybridized carbons (Fsp3) is 0.714. The second kappa shape index (κ2) is 7.82. The maximum atomic E-state index is 10.4. The van der Waals surface area contributed by atoms with E-state index < -0.39 is 5.91 Å². The summed E-state index contributed by atoms with van der Waals surface area (Å²) in [6.07, 6.45) is 1.70. The van der Waals surface area contributed by atoms with Gasteiger partial charge < -0.3 is 17.2 Å². The third kappa shape index (κ3) is 11.2. The fourth-order valence-electron chi connectivity index (χ4n) is 0.899. The van der Waals surface area contributed by atoms with Crippen LogP contribution in [0.4, 0.5) is 0 Å². The summed E-state index contributed by atoms with van der Waals surface area (Å²) in [5.41, 5.74) is 15.3. The van der Waals surface area contributed by atoms with E-state index in [0.717, 1.165) is 0 Å². The summed E-state index contributed by atoms with van der Waals surface area (Å²) >= 11 is 0. The third-order valence-electron chi connectivity index (χ3n) is 1.46. The van der Waals surface area contributed by atoms with Crippen molar-refractivity contribution >= 4 is 24.2 Å². The van der Waals surface area contributed by atoms with Gasteiger partial charge in [-0.2, -0.15) is 0 Å². The summed E-state index contributed by atoms with van der Waals surface area (Å²) in [5, 5.41) is 0. The molecule has 5 nitrogen and oxygen atoms in total. The molecule has 1 atom stereocenters. The van der Waals surface area contributed by atoms with Gasteiger partial charge in [-0.15, -0.1) is 12.4 Å². The van der Waals surface area contributed by atoms with Crippen molar-refractivity contribution in [1.82, 2.24) is 0 Å². The zero-order chi connectivity index (χ0) is 9.56. The molecule has 78 valence electrons. The molecule has 0 aromatic heterocycles. The average Bonchev–Trinajstić information content (AvgIpc) is 1.84. The minimum Gasteiger partial charge on any atom is -0.370 e. The van der Waals surface area contributed by atoms with Gasteiger partial charge in [-0.3, -0.25) is 9.59 Å². The molecule has 0 radical (unpaired) electrons. The van der Waals surface area contributed by atoms with E-state index in [1.807, 2.05) is 0 Å². The van der Waals surface area contributed by atoms with Crippen LogP contribution >= 0.6 is 12.4 Å². The molecule has 13 heavy (non-hydrogen) atoms. The minimum absolute atomic E-state index is 0. The molecule has 6 N–H and O–H groups in total. The number of rotatable bonds is 6. The third-order valence-corrected chi connectivity index (χ3v) is 1.46. The van der Waals surface area contributed by atoms with E-state index in [1.165, 1.54) is 0 Å². The van der Waals surface area contributed by atoms with E-state index in [0.29, 0.717) is 19.3 Å². The second-order valence-electron chi connectivity index (χ2n) is 2.79. The zero-order valence-electron chi connectivity index (χ0n) is 7.36. The second-order valence-corrected chi connectivity index (χ2v) is 2.79. The van der Waals surface area contributed by atoms with Gasteiger partial charge in [0.15, 0.2) is 0 Å². The average molecular weight is 210 g/mol. The van der Waals surface area contributed by atoms with Crippen molar-refractivity contribution in [2.24, 2.45) is 17.2 Å². The number of hydrogen-bond donors (Lipinski definition) is 3. The highest BCUT2D eigenvalue weighted by atomic mass is 35.5. The lowest BCUT2D eigenvalue weighted by Crippen LogP contribution is -2.27. The van der Waals surface area contributed by atoms with Crippen molar-refractivity contribution in [3.05, 3.63) is 0 Å². The highest BCUT2D eigenvalue weighted by molar-refractivity contribution is 5.85. The SMILES string of the molecule is Cl.NC(=O)CCC[C@H](N)CC(N)=O. The molecular formula is C7H16ClN3O2. The van der Waals surface area contributed by atoms with Crippen LogP contribution in [0.25, 0.3) is 0 Å². The number of nitrogens with two attached hydrogens (primary N) is 3. The van der Waals surface area contributed by atoms with Gasteiger partial charge in [0, 0.05) is 18.9 Å². The van der Waals surface area contributed by atoms with Gasteiger partial charge in [-0.25, -0.2) is 0 Å². The predicted octanol–water partition coefficient (Wildman–Crippen LogP) is -0.733. The van der Waals surface area contributed by atoms with E-state index in [1.54, 1.807) is 0 Å². The molecular weight excluding hydrogens is 194 g/mol. The molecule has 2 amide bonds. The fourth-order valence-corrected chi connectivity index (χ4v) is 0.899. The van der Waals surface area contributed by atoms with Crippen LogP contribution in [0.5, 0.6) is 0 Å². The number of hydrogen-bond acceptors (Lipinski definition) is 3. The van der Waals surface area contributed by atoms with Gasteiger partial charge in [0.1, 0.15) is 0 Å². The van der Waals surface area contributed by atoms with E-state index in [-0.39, 0.29) is 30.8 Å². The molecule has 0 spiro atoms. The Morgan fingerprint density at radius 3 is 2.08 bits per heavy atom. The van der Waals surface area contributed by atoms with Gasteiger partial charge in [0.2, 0.25) is 11.8 Å². The summed E-state index contributed by atoms with van der Waals surface area (Å²) in [6.45, 7) is 0. The van der Waals surface area contributed by atoms with Crippen LogP contribution in [-0.2, 0) is 9.59 Å². The lowest BCUT2D eigenvalue weighted by molar-refractivity contribution is -0.118. The highest BCUT2D eigenvalue weighted by Gasteiger charge is 2.06. The van der Waals surface area contributed by atoms with Gasteiger partial charge >= 0.3 is 0 Å². The lowest BCUT2D eigenvalue weighted by atomic mass is 10.1. The molecule has 0 bridgehead atoms. The Hall–Kier alpha value is -0.810. The standard InChI is InChI=1S/C7H15N3O2.ClH/c8-5(4-7(10)12)2-1-3-6(9)11;/h5H,1-4,8H2,(H2,9,11)(H2,10,12);1H/t5-;/m0./s1. The Morgan fingerprint density at radius 2 is 1.69 bits per heavy atom. The largest absolute Gasteiger partial charge is 0.370 e. The minimum atomic E-state index is -0.415. The van der Waals surface area contributed by atoms with Crippen molar-refractivity contribution in [1.29, 1.82) is 0 Å². The molecule has 0 saturated heterocycles. The first-order chi connectivity index (χ1) is 5.52. The van der Waals surface area contributed by atoms with Crippen LogP contribution in [0.3, 0.4) is 0 Å². The molecule has 0 rings (SSSR count). The molecule has 0 aromatic rings. The number of halogens is 1. The quantitative estimate of drug-likeness (QED) is 0.536.